The number of aromatic nitrogens is 2. The number of carbonyl (C=O) groups is 1. The van der Waals surface area contributed by atoms with Crippen LogP contribution in [-0.2, 0) is 0 Å². The summed E-state index contributed by atoms with van der Waals surface area (Å²) in [4.78, 5) is 23.8. The van der Waals surface area contributed by atoms with Gasteiger partial charge in [0.25, 0.3) is 5.91 Å². The van der Waals surface area contributed by atoms with E-state index in [1.165, 1.54) is 11.3 Å². The highest BCUT2D eigenvalue weighted by atomic mass is 32.1. The Balaban J connectivity index is 1.25. The average Bonchev–Trinajstić information content (AvgIpc) is 3.44. The molecule has 0 saturated carbocycles. The number of nitrogens with zero attached hydrogens (tertiary/aromatic N) is 3. The first-order chi connectivity index (χ1) is 14.3. The number of pyridine rings is 1. The molecular formula is C23H19N3O2S. The lowest BCUT2D eigenvalue weighted by atomic mass is 10.2. The molecule has 2 aromatic heterocycles. The van der Waals surface area contributed by atoms with Gasteiger partial charge in [0.05, 0.1) is 12.1 Å². The van der Waals surface area contributed by atoms with Gasteiger partial charge in [0.15, 0.2) is 0 Å². The number of likely N-dealkylation sites (tertiary alicyclic amines) is 1. The number of thiazole rings is 1. The molecule has 4 aromatic rings. The fourth-order valence-electron chi connectivity index (χ4n) is 3.54. The minimum absolute atomic E-state index is 0.0407. The normalized spacial score (nSPS) is 16.3. The maximum atomic E-state index is 12.9. The molecule has 1 amide bonds. The van der Waals surface area contributed by atoms with Crippen LogP contribution in [0.15, 0.2) is 72.1 Å². The third-order valence-corrected chi connectivity index (χ3v) is 5.93. The quantitative estimate of drug-likeness (QED) is 0.499. The number of para-hydroxylation sites is 1. The highest BCUT2D eigenvalue weighted by Crippen LogP contribution is 2.25. The summed E-state index contributed by atoms with van der Waals surface area (Å²) >= 11 is 1.49. The van der Waals surface area contributed by atoms with Crippen molar-refractivity contribution in [3.8, 4) is 16.5 Å². The lowest BCUT2D eigenvalue weighted by Gasteiger charge is -2.16. The van der Waals surface area contributed by atoms with Crippen LogP contribution in [0.25, 0.3) is 21.5 Å². The summed E-state index contributed by atoms with van der Waals surface area (Å²) in [5.41, 5.74) is 2.44. The molecule has 0 radical (unpaired) electrons. The largest absolute Gasteiger partial charge is 0.472 e. The summed E-state index contributed by atoms with van der Waals surface area (Å²) in [6.45, 7) is 1.21. The molecule has 1 aliphatic heterocycles. The molecule has 5 rings (SSSR count). The molecule has 6 heteroatoms. The SMILES string of the molecule is O=C(c1csc(-c2ccccc2)n1)N1CCC(Oc2ccc3ccccc3n2)C1. The van der Waals surface area contributed by atoms with Gasteiger partial charge in [-0.2, -0.15) is 0 Å². The topological polar surface area (TPSA) is 55.3 Å². The molecule has 0 bridgehead atoms. The van der Waals surface area contributed by atoms with Gasteiger partial charge in [0.2, 0.25) is 5.88 Å². The molecule has 0 aliphatic carbocycles. The van der Waals surface area contributed by atoms with E-state index in [0.29, 0.717) is 24.7 Å². The number of hydrogen-bond acceptors (Lipinski definition) is 5. The van der Waals surface area contributed by atoms with Crippen LogP contribution in [0, 0.1) is 0 Å². The van der Waals surface area contributed by atoms with Gasteiger partial charge in [-0.15, -0.1) is 11.3 Å². The summed E-state index contributed by atoms with van der Waals surface area (Å²) in [6.07, 6.45) is 0.732. The van der Waals surface area contributed by atoms with E-state index in [-0.39, 0.29) is 12.0 Å². The molecule has 3 heterocycles. The predicted octanol–water partition coefficient (Wildman–Crippen LogP) is 4.65. The van der Waals surface area contributed by atoms with Gasteiger partial charge >= 0.3 is 0 Å². The minimum Gasteiger partial charge on any atom is -0.472 e. The number of carbonyl (C=O) groups excluding carboxylic acids is 1. The zero-order valence-electron chi connectivity index (χ0n) is 15.7. The van der Waals surface area contributed by atoms with Gasteiger partial charge in [-0.25, -0.2) is 9.97 Å². The van der Waals surface area contributed by atoms with Crippen molar-refractivity contribution in [2.45, 2.75) is 12.5 Å². The zero-order chi connectivity index (χ0) is 19.6. The number of amides is 1. The summed E-state index contributed by atoms with van der Waals surface area (Å²) in [7, 11) is 0. The summed E-state index contributed by atoms with van der Waals surface area (Å²) in [5.74, 6) is 0.559. The van der Waals surface area contributed by atoms with Crippen molar-refractivity contribution >= 4 is 28.1 Å². The maximum absolute atomic E-state index is 12.9. The third-order valence-electron chi connectivity index (χ3n) is 5.04. The van der Waals surface area contributed by atoms with Crippen LogP contribution >= 0.6 is 11.3 Å². The van der Waals surface area contributed by atoms with E-state index in [9.17, 15) is 4.79 Å². The van der Waals surface area contributed by atoms with Crippen molar-refractivity contribution in [2.75, 3.05) is 13.1 Å². The van der Waals surface area contributed by atoms with E-state index in [0.717, 1.165) is 27.9 Å². The Morgan fingerprint density at radius 1 is 1.00 bits per heavy atom. The van der Waals surface area contributed by atoms with E-state index in [1.807, 2.05) is 77.0 Å². The maximum Gasteiger partial charge on any atom is 0.273 e. The minimum atomic E-state index is -0.0557. The van der Waals surface area contributed by atoms with Crippen molar-refractivity contribution in [1.29, 1.82) is 0 Å². The van der Waals surface area contributed by atoms with E-state index < -0.39 is 0 Å². The molecule has 0 N–H and O–H groups in total. The number of hydrogen-bond donors (Lipinski definition) is 0. The second-order valence-corrected chi connectivity index (χ2v) is 7.88. The summed E-state index contributed by atoms with van der Waals surface area (Å²) in [5, 5.41) is 3.78. The lowest BCUT2D eigenvalue weighted by molar-refractivity contribution is 0.0766. The van der Waals surface area contributed by atoms with Crippen LogP contribution in [0.2, 0.25) is 0 Å². The Morgan fingerprint density at radius 3 is 2.72 bits per heavy atom. The second-order valence-electron chi connectivity index (χ2n) is 7.03. The molecule has 1 fully saturated rings. The third kappa shape index (κ3) is 3.71. The van der Waals surface area contributed by atoms with Gasteiger partial charge in [0.1, 0.15) is 16.8 Å². The van der Waals surface area contributed by atoms with E-state index in [4.69, 9.17) is 4.74 Å². The van der Waals surface area contributed by atoms with Gasteiger partial charge < -0.3 is 9.64 Å². The van der Waals surface area contributed by atoms with E-state index in [2.05, 4.69) is 9.97 Å². The van der Waals surface area contributed by atoms with E-state index in [1.54, 1.807) is 0 Å². The molecule has 1 aliphatic rings. The molecule has 1 unspecified atom stereocenters. The van der Waals surface area contributed by atoms with Gasteiger partial charge in [-0.05, 0) is 12.1 Å². The average molecular weight is 401 g/mol. The molecule has 2 aromatic carbocycles. The van der Waals surface area contributed by atoms with Gasteiger partial charge in [0, 0.05) is 35.4 Å². The van der Waals surface area contributed by atoms with Crippen molar-refractivity contribution in [3.05, 3.63) is 77.8 Å². The monoisotopic (exact) mass is 401 g/mol. The molecule has 0 spiro atoms. The second kappa shape index (κ2) is 7.64. The molecule has 1 atom stereocenters. The van der Waals surface area contributed by atoms with Crippen molar-refractivity contribution < 1.29 is 9.53 Å². The zero-order valence-corrected chi connectivity index (χ0v) is 16.5. The molecule has 1 saturated heterocycles. The number of fused-ring (bicyclic) bond motifs is 1. The molecular weight excluding hydrogens is 382 g/mol. The Kier molecular flexibility index (Phi) is 4.69. The standard InChI is InChI=1S/C23H19N3O2S/c27-23(20-15-29-22(25-20)17-7-2-1-3-8-17)26-13-12-18(14-26)28-21-11-10-16-6-4-5-9-19(16)24-21/h1-11,15,18H,12-14H2. The van der Waals surface area contributed by atoms with Crippen LogP contribution < -0.4 is 4.74 Å². The van der Waals surface area contributed by atoms with Crippen molar-refractivity contribution in [2.24, 2.45) is 0 Å². The Labute approximate surface area is 172 Å². The Bertz CT molecular complexity index is 1160. The fourth-order valence-corrected chi connectivity index (χ4v) is 4.34. The summed E-state index contributed by atoms with van der Waals surface area (Å²) < 4.78 is 6.05. The highest BCUT2D eigenvalue weighted by molar-refractivity contribution is 7.13. The van der Waals surface area contributed by atoms with E-state index >= 15 is 0 Å². The number of benzene rings is 2. The number of ether oxygens (including phenoxy) is 1. The molecule has 29 heavy (non-hydrogen) atoms. The first-order valence-electron chi connectivity index (χ1n) is 9.59. The first kappa shape index (κ1) is 17.8. The van der Waals surface area contributed by atoms with Crippen LogP contribution in [0.1, 0.15) is 16.9 Å². The highest BCUT2D eigenvalue weighted by Gasteiger charge is 2.29. The fraction of sp³-hybridized carbons (Fsp3) is 0.174. The number of rotatable bonds is 4. The van der Waals surface area contributed by atoms with Crippen LogP contribution in [0.4, 0.5) is 0 Å². The predicted molar refractivity (Wildman–Crippen MR) is 114 cm³/mol. The lowest BCUT2D eigenvalue weighted by Crippen LogP contribution is -2.31. The summed E-state index contributed by atoms with van der Waals surface area (Å²) in [6, 6.07) is 21.8. The van der Waals surface area contributed by atoms with Crippen molar-refractivity contribution in [1.82, 2.24) is 14.9 Å². The van der Waals surface area contributed by atoms with Crippen LogP contribution in [0.5, 0.6) is 5.88 Å². The molecule has 5 nitrogen and oxygen atoms in total. The Hall–Kier alpha value is -3.25. The van der Waals surface area contributed by atoms with Crippen molar-refractivity contribution in [3.63, 3.8) is 0 Å². The van der Waals surface area contributed by atoms with Gasteiger partial charge in [-0.1, -0.05) is 48.5 Å². The van der Waals surface area contributed by atoms with Gasteiger partial charge in [-0.3, -0.25) is 4.79 Å². The first-order valence-corrected chi connectivity index (χ1v) is 10.5. The van der Waals surface area contributed by atoms with Crippen LogP contribution in [0.3, 0.4) is 0 Å². The Morgan fingerprint density at radius 2 is 1.83 bits per heavy atom. The smallest absolute Gasteiger partial charge is 0.273 e. The molecule has 144 valence electrons. The van der Waals surface area contributed by atoms with Crippen LogP contribution in [-0.4, -0.2) is 40.0 Å².